The number of nitrogens with zero attached hydrogens (tertiary/aromatic N) is 2. The molecule has 29 heavy (non-hydrogen) atoms. The van der Waals surface area contributed by atoms with Crippen molar-refractivity contribution in [2.24, 2.45) is 0 Å². The summed E-state index contributed by atoms with van der Waals surface area (Å²) in [6, 6.07) is 9.78. The largest absolute Gasteiger partial charge is 0.346 e. The first-order chi connectivity index (χ1) is 13.9. The number of nitrogens with one attached hydrogen (secondary N) is 2. The molecule has 2 N–H and O–H groups in total. The Labute approximate surface area is 176 Å². The van der Waals surface area contributed by atoms with Crippen LogP contribution in [0.5, 0.6) is 0 Å². The summed E-state index contributed by atoms with van der Waals surface area (Å²) in [5.74, 6) is -0.816. The van der Waals surface area contributed by atoms with Gasteiger partial charge in [0.25, 0.3) is 0 Å². The number of piperazine rings is 1. The topological polar surface area (TPSA) is 64.7 Å². The molecule has 1 fully saturated rings. The number of hydrogen-bond acceptors (Lipinski definition) is 5. The highest BCUT2D eigenvalue weighted by atomic mass is 32.1. The van der Waals surface area contributed by atoms with Gasteiger partial charge in [0.15, 0.2) is 0 Å². The van der Waals surface area contributed by atoms with Gasteiger partial charge in [-0.1, -0.05) is 26.0 Å². The van der Waals surface area contributed by atoms with E-state index in [-0.39, 0.29) is 6.04 Å². The molecular weight excluding hydrogens is 384 g/mol. The summed E-state index contributed by atoms with van der Waals surface area (Å²) in [6.07, 6.45) is 0. The highest BCUT2D eigenvalue weighted by molar-refractivity contribution is 7.08. The van der Waals surface area contributed by atoms with Crippen molar-refractivity contribution in [2.45, 2.75) is 25.8 Å². The molecule has 7 heteroatoms. The van der Waals surface area contributed by atoms with E-state index in [1.165, 1.54) is 11.1 Å². The summed E-state index contributed by atoms with van der Waals surface area (Å²) >= 11 is 1.65. The quantitative estimate of drug-likeness (QED) is 0.714. The molecule has 0 unspecified atom stereocenters. The van der Waals surface area contributed by atoms with Gasteiger partial charge in [-0.3, -0.25) is 14.5 Å². The summed E-state index contributed by atoms with van der Waals surface area (Å²) in [4.78, 5) is 29.4. The van der Waals surface area contributed by atoms with Gasteiger partial charge in [0.05, 0.1) is 6.04 Å². The van der Waals surface area contributed by atoms with Crippen LogP contribution in [0, 0.1) is 0 Å². The van der Waals surface area contributed by atoms with E-state index in [0.29, 0.717) is 18.2 Å². The van der Waals surface area contributed by atoms with Crippen molar-refractivity contribution in [3.63, 3.8) is 0 Å². The zero-order chi connectivity index (χ0) is 20.8. The predicted octanol–water partition coefficient (Wildman–Crippen LogP) is 2.91. The molecule has 3 rings (SSSR count). The lowest BCUT2D eigenvalue weighted by Gasteiger charge is -2.37. The summed E-state index contributed by atoms with van der Waals surface area (Å²) in [5, 5.41) is 9.68. The minimum atomic E-state index is -0.634. The number of thiophene rings is 1. The number of hydrogen-bond donors (Lipinski definition) is 2. The van der Waals surface area contributed by atoms with E-state index >= 15 is 0 Å². The molecule has 1 aliphatic rings. The molecule has 2 amide bonds. The highest BCUT2D eigenvalue weighted by Crippen LogP contribution is 2.23. The van der Waals surface area contributed by atoms with Gasteiger partial charge in [0.1, 0.15) is 0 Å². The number of benzene rings is 1. The molecule has 2 heterocycles. The maximum Gasteiger partial charge on any atom is 0.313 e. The Morgan fingerprint density at radius 1 is 1.00 bits per heavy atom. The lowest BCUT2D eigenvalue weighted by atomic mass is 10.0. The van der Waals surface area contributed by atoms with Gasteiger partial charge in [-0.2, -0.15) is 11.3 Å². The smallest absolute Gasteiger partial charge is 0.313 e. The minimum Gasteiger partial charge on any atom is -0.346 e. The lowest BCUT2D eigenvalue weighted by molar-refractivity contribution is -0.136. The summed E-state index contributed by atoms with van der Waals surface area (Å²) in [6.45, 7) is 8.54. The number of rotatable bonds is 6. The van der Waals surface area contributed by atoms with Gasteiger partial charge in [-0.25, -0.2) is 0 Å². The lowest BCUT2D eigenvalue weighted by Crippen LogP contribution is -2.49. The first kappa shape index (κ1) is 21.5. The van der Waals surface area contributed by atoms with Gasteiger partial charge in [0, 0.05) is 38.4 Å². The minimum absolute atomic E-state index is 0.0806. The van der Waals surface area contributed by atoms with E-state index in [0.717, 1.165) is 26.2 Å². The van der Waals surface area contributed by atoms with E-state index in [4.69, 9.17) is 0 Å². The third-order valence-corrected chi connectivity index (χ3v) is 6.11. The van der Waals surface area contributed by atoms with E-state index in [1.54, 1.807) is 11.3 Å². The summed E-state index contributed by atoms with van der Waals surface area (Å²) in [5.41, 5.74) is 3.01. The average Bonchev–Trinajstić information content (AvgIpc) is 3.24. The zero-order valence-corrected chi connectivity index (χ0v) is 18.2. The summed E-state index contributed by atoms with van der Waals surface area (Å²) in [7, 11) is 2.12. The van der Waals surface area contributed by atoms with Crippen molar-refractivity contribution in [3.8, 4) is 0 Å². The molecule has 0 radical (unpaired) electrons. The third-order valence-electron chi connectivity index (χ3n) is 5.40. The molecule has 1 aromatic heterocycles. The van der Waals surface area contributed by atoms with Crippen LogP contribution in [-0.2, 0) is 9.59 Å². The van der Waals surface area contributed by atoms with E-state index < -0.39 is 11.8 Å². The van der Waals surface area contributed by atoms with Crippen LogP contribution in [0.2, 0.25) is 0 Å². The van der Waals surface area contributed by atoms with Gasteiger partial charge in [-0.15, -0.1) is 0 Å². The Morgan fingerprint density at radius 3 is 2.28 bits per heavy atom. The second-order valence-corrected chi connectivity index (χ2v) is 8.63. The van der Waals surface area contributed by atoms with Crippen molar-refractivity contribution < 1.29 is 9.59 Å². The predicted molar refractivity (Wildman–Crippen MR) is 118 cm³/mol. The van der Waals surface area contributed by atoms with Crippen molar-refractivity contribution in [2.75, 3.05) is 45.1 Å². The molecule has 1 saturated heterocycles. The number of carbonyl (C=O) groups is 2. The fourth-order valence-electron chi connectivity index (χ4n) is 3.46. The third kappa shape index (κ3) is 5.88. The molecule has 1 aliphatic heterocycles. The van der Waals surface area contributed by atoms with E-state index in [1.807, 2.05) is 29.6 Å². The highest BCUT2D eigenvalue weighted by Gasteiger charge is 2.25. The van der Waals surface area contributed by atoms with Crippen LogP contribution >= 0.6 is 11.3 Å². The van der Waals surface area contributed by atoms with Crippen LogP contribution in [-0.4, -0.2) is 61.4 Å². The van der Waals surface area contributed by atoms with Crippen molar-refractivity contribution in [1.82, 2.24) is 15.1 Å². The van der Waals surface area contributed by atoms with Gasteiger partial charge in [0.2, 0.25) is 0 Å². The Balaban J connectivity index is 1.57. The molecule has 2 aromatic rings. The van der Waals surface area contributed by atoms with Crippen molar-refractivity contribution >= 4 is 28.8 Å². The van der Waals surface area contributed by atoms with Gasteiger partial charge >= 0.3 is 11.8 Å². The molecular formula is C22H30N4O2S. The van der Waals surface area contributed by atoms with E-state index in [2.05, 4.69) is 52.8 Å². The fraction of sp³-hybridized carbons (Fsp3) is 0.455. The Bertz CT molecular complexity index is 797. The second-order valence-electron chi connectivity index (χ2n) is 7.85. The normalized spacial score (nSPS) is 16.6. The maximum absolute atomic E-state index is 12.4. The number of likely N-dealkylation sites (N-methyl/N-ethyl adjacent to an activating group) is 1. The van der Waals surface area contributed by atoms with Crippen molar-refractivity contribution in [1.29, 1.82) is 0 Å². The van der Waals surface area contributed by atoms with Crippen LogP contribution in [0.25, 0.3) is 0 Å². The second kappa shape index (κ2) is 10.0. The molecule has 0 aliphatic carbocycles. The SMILES string of the molecule is CC(C)c1ccc(NC(=O)C(=O)NC[C@@H](c2ccsc2)N2CCN(C)CC2)cc1. The fourth-order valence-corrected chi connectivity index (χ4v) is 4.17. The molecule has 156 valence electrons. The molecule has 1 atom stereocenters. The van der Waals surface area contributed by atoms with E-state index in [9.17, 15) is 9.59 Å². The maximum atomic E-state index is 12.4. The van der Waals surface area contributed by atoms with Crippen LogP contribution in [0.15, 0.2) is 41.1 Å². The molecule has 0 bridgehead atoms. The van der Waals surface area contributed by atoms with Crippen LogP contribution < -0.4 is 10.6 Å². The average molecular weight is 415 g/mol. The zero-order valence-electron chi connectivity index (χ0n) is 17.4. The standard InChI is InChI=1S/C22H30N4O2S/c1-16(2)17-4-6-19(7-5-17)24-22(28)21(27)23-14-20(18-8-13-29-15-18)26-11-9-25(3)10-12-26/h4-8,13,15-16,20H,9-12,14H2,1-3H3,(H,23,27)(H,24,28)/t20-/m0/s1. The number of anilines is 1. The van der Waals surface area contributed by atoms with Gasteiger partial charge < -0.3 is 15.5 Å². The Hall–Kier alpha value is -2.22. The Kier molecular flexibility index (Phi) is 7.41. The van der Waals surface area contributed by atoms with Crippen LogP contribution in [0.3, 0.4) is 0 Å². The molecule has 6 nitrogen and oxygen atoms in total. The van der Waals surface area contributed by atoms with Crippen LogP contribution in [0.4, 0.5) is 5.69 Å². The first-order valence-electron chi connectivity index (χ1n) is 10.1. The number of carbonyl (C=O) groups excluding carboxylic acids is 2. The molecule has 0 saturated carbocycles. The number of amides is 2. The Morgan fingerprint density at radius 2 is 1.69 bits per heavy atom. The monoisotopic (exact) mass is 414 g/mol. The summed E-state index contributed by atoms with van der Waals surface area (Å²) < 4.78 is 0. The molecule has 0 spiro atoms. The van der Waals surface area contributed by atoms with Crippen molar-refractivity contribution in [3.05, 3.63) is 52.2 Å². The molecule has 1 aromatic carbocycles. The van der Waals surface area contributed by atoms with Crippen LogP contribution in [0.1, 0.15) is 36.9 Å². The van der Waals surface area contributed by atoms with Gasteiger partial charge in [-0.05, 0) is 53.1 Å². The first-order valence-corrected chi connectivity index (χ1v) is 11.0.